The van der Waals surface area contributed by atoms with E-state index in [9.17, 15) is 4.39 Å². The zero-order valence-electron chi connectivity index (χ0n) is 4.45. The number of hydrogen-bond donors (Lipinski definition) is 1. The zero-order chi connectivity index (χ0) is 5.28. The summed E-state index contributed by atoms with van der Waals surface area (Å²) in [6, 6.07) is 0.167. The molecule has 0 bridgehead atoms. The maximum absolute atomic E-state index is 12.1. The smallest absolute Gasteiger partial charge is 0.113 e. The van der Waals surface area contributed by atoms with Gasteiger partial charge >= 0.3 is 0 Å². The molecule has 0 radical (unpaired) electrons. The van der Waals surface area contributed by atoms with Crippen LogP contribution >= 0.6 is 0 Å². The Labute approximate surface area is 42.9 Å². The molecule has 0 amide bonds. The molecule has 2 unspecified atom stereocenters. The van der Waals surface area contributed by atoms with Crippen LogP contribution in [-0.4, -0.2) is 18.8 Å². The number of rotatable bonds is 1. The van der Waals surface area contributed by atoms with E-state index in [0.29, 0.717) is 0 Å². The van der Waals surface area contributed by atoms with Crippen molar-refractivity contribution in [2.24, 2.45) is 0 Å². The molecule has 7 heavy (non-hydrogen) atoms. The van der Waals surface area contributed by atoms with E-state index < -0.39 is 6.17 Å². The standard InChI is InChI=1S/C5H10FN/c1-4(6)5-2-3-7-5/h4-5,7H,2-3H2,1H3. The molecular formula is C5H10FN. The van der Waals surface area contributed by atoms with E-state index in [-0.39, 0.29) is 6.04 Å². The summed E-state index contributed by atoms with van der Waals surface area (Å²) in [7, 11) is 0. The summed E-state index contributed by atoms with van der Waals surface area (Å²) >= 11 is 0. The van der Waals surface area contributed by atoms with Gasteiger partial charge in [0.2, 0.25) is 0 Å². The Morgan fingerprint density at radius 1 is 1.86 bits per heavy atom. The Bertz CT molecular complexity index is 59.1. The molecule has 1 heterocycles. The van der Waals surface area contributed by atoms with Crippen LogP contribution in [0.15, 0.2) is 0 Å². The van der Waals surface area contributed by atoms with Crippen LogP contribution < -0.4 is 5.32 Å². The first-order chi connectivity index (χ1) is 3.30. The average Bonchev–Trinajstić information content (AvgIpc) is 1.23. The number of hydrogen-bond acceptors (Lipinski definition) is 1. The Kier molecular flexibility index (Phi) is 1.28. The molecule has 1 N–H and O–H groups in total. The first kappa shape index (κ1) is 5.04. The topological polar surface area (TPSA) is 12.0 Å². The summed E-state index contributed by atoms with van der Waals surface area (Å²) in [4.78, 5) is 0. The van der Waals surface area contributed by atoms with Crippen molar-refractivity contribution in [3.05, 3.63) is 0 Å². The molecule has 42 valence electrons. The van der Waals surface area contributed by atoms with Crippen molar-refractivity contribution in [3.63, 3.8) is 0 Å². The highest BCUT2D eigenvalue weighted by molar-refractivity contribution is 4.81. The van der Waals surface area contributed by atoms with E-state index in [1.54, 1.807) is 6.92 Å². The summed E-state index contributed by atoms with van der Waals surface area (Å²) < 4.78 is 12.1. The first-order valence-electron chi connectivity index (χ1n) is 2.68. The van der Waals surface area contributed by atoms with Gasteiger partial charge in [-0.05, 0) is 19.9 Å². The van der Waals surface area contributed by atoms with Crippen LogP contribution in [0.1, 0.15) is 13.3 Å². The van der Waals surface area contributed by atoms with Gasteiger partial charge in [0, 0.05) is 6.04 Å². The lowest BCUT2D eigenvalue weighted by atomic mass is 10.0. The molecule has 1 aliphatic rings. The largest absolute Gasteiger partial charge is 0.311 e. The second kappa shape index (κ2) is 1.78. The van der Waals surface area contributed by atoms with E-state index in [1.165, 1.54) is 0 Å². The third-order valence-electron chi connectivity index (χ3n) is 1.42. The highest BCUT2D eigenvalue weighted by Gasteiger charge is 2.21. The van der Waals surface area contributed by atoms with Crippen molar-refractivity contribution in [3.8, 4) is 0 Å². The Morgan fingerprint density at radius 3 is 2.43 bits per heavy atom. The Morgan fingerprint density at radius 2 is 2.43 bits per heavy atom. The minimum Gasteiger partial charge on any atom is -0.311 e. The Balaban J connectivity index is 2.14. The minimum absolute atomic E-state index is 0.167. The molecule has 1 aliphatic heterocycles. The van der Waals surface area contributed by atoms with Gasteiger partial charge in [-0.25, -0.2) is 4.39 Å². The summed E-state index contributed by atoms with van der Waals surface area (Å²) in [5.41, 5.74) is 0. The van der Waals surface area contributed by atoms with E-state index in [4.69, 9.17) is 0 Å². The van der Waals surface area contributed by atoms with Crippen molar-refractivity contribution in [1.29, 1.82) is 0 Å². The predicted octanol–water partition coefficient (Wildman–Crippen LogP) is 0.706. The van der Waals surface area contributed by atoms with Crippen LogP contribution in [0.5, 0.6) is 0 Å². The van der Waals surface area contributed by atoms with Crippen LogP contribution in [0, 0.1) is 0 Å². The summed E-state index contributed by atoms with van der Waals surface area (Å²) in [6.45, 7) is 2.59. The quantitative estimate of drug-likeness (QED) is 0.515. The summed E-state index contributed by atoms with van der Waals surface area (Å²) in [6.07, 6.45) is 0.353. The first-order valence-corrected chi connectivity index (χ1v) is 2.68. The lowest BCUT2D eigenvalue weighted by molar-refractivity contribution is 0.208. The molecule has 0 aromatic carbocycles. The van der Waals surface area contributed by atoms with Gasteiger partial charge in [-0.15, -0.1) is 0 Å². The van der Waals surface area contributed by atoms with E-state index in [0.717, 1.165) is 13.0 Å². The molecular weight excluding hydrogens is 93.1 g/mol. The van der Waals surface area contributed by atoms with Gasteiger partial charge < -0.3 is 5.32 Å². The predicted molar refractivity (Wildman–Crippen MR) is 27.0 cm³/mol. The third kappa shape index (κ3) is 0.911. The maximum Gasteiger partial charge on any atom is 0.113 e. The molecule has 0 saturated carbocycles. The van der Waals surface area contributed by atoms with Gasteiger partial charge in [0.1, 0.15) is 6.17 Å². The zero-order valence-corrected chi connectivity index (χ0v) is 4.45. The van der Waals surface area contributed by atoms with Crippen molar-refractivity contribution >= 4 is 0 Å². The average molecular weight is 103 g/mol. The van der Waals surface area contributed by atoms with Gasteiger partial charge in [0.25, 0.3) is 0 Å². The monoisotopic (exact) mass is 103 g/mol. The van der Waals surface area contributed by atoms with Crippen molar-refractivity contribution in [1.82, 2.24) is 5.32 Å². The molecule has 2 heteroatoms. The second-order valence-corrected chi connectivity index (χ2v) is 2.03. The lowest BCUT2D eigenvalue weighted by Crippen LogP contribution is -2.48. The molecule has 0 aromatic rings. The molecule has 1 rings (SSSR count). The third-order valence-corrected chi connectivity index (χ3v) is 1.42. The lowest BCUT2D eigenvalue weighted by Gasteiger charge is -2.28. The van der Waals surface area contributed by atoms with Gasteiger partial charge in [-0.2, -0.15) is 0 Å². The van der Waals surface area contributed by atoms with Crippen molar-refractivity contribution in [2.45, 2.75) is 25.6 Å². The maximum atomic E-state index is 12.1. The van der Waals surface area contributed by atoms with Crippen molar-refractivity contribution in [2.75, 3.05) is 6.54 Å². The van der Waals surface area contributed by atoms with Crippen LogP contribution in [-0.2, 0) is 0 Å². The highest BCUT2D eigenvalue weighted by Crippen LogP contribution is 2.08. The fourth-order valence-corrected chi connectivity index (χ4v) is 0.703. The minimum atomic E-state index is -0.659. The molecule has 0 aliphatic carbocycles. The summed E-state index contributed by atoms with van der Waals surface area (Å²) in [5.74, 6) is 0. The number of nitrogens with one attached hydrogen (secondary N) is 1. The van der Waals surface area contributed by atoms with Crippen LogP contribution in [0.25, 0.3) is 0 Å². The number of halogens is 1. The van der Waals surface area contributed by atoms with E-state index in [1.807, 2.05) is 0 Å². The molecule has 1 nitrogen and oxygen atoms in total. The van der Waals surface area contributed by atoms with Crippen LogP contribution in [0.2, 0.25) is 0 Å². The molecule has 0 aromatic heterocycles. The molecule has 1 saturated heterocycles. The SMILES string of the molecule is CC(F)C1CCN1. The second-order valence-electron chi connectivity index (χ2n) is 2.03. The molecule has 1 fully saturated rings. The van der Waals surface area contributed by atoms with Gasteiger partial charge in [-0.3, -0.25) is 0 Å². The van der Waals surface area contributed by atoms with Crippen molar-refractivity contribution < 1.29 is 4.39 Å². The van der Waals surface area contributed by atoms with Gasteiger partial charge in [-0.1, -0.05) is 0 Å². The van der Waals surface area contributed by atoms with Gasteiger partial charge in [0.05, 0.1) is 0 Å². The molecule has 0 spiro atoms. The highest BCUT2D eigenvalue weighted by atomic mass is 19.1. The molecule has 2 atom stereocenters. The van der Waals surface area contributed by atoms with E-state index >= 15 is 0 Å². The normalized spacial score (nSPS) is 34.3. The Hall–Kier alpha value is -0.110. The fraction of sp³-hybridized carbons (Fsp3) is 1.00. The fourth-order valence-electron chi connectivity index (χ4n) is 0.703. The van der Waals surface area contributed by atoms with E-state index in [2.05, 4.69) is 5.32 Å². The van der Waals surface area contributed by atoms with Crippen LogP contribution in [0.4, 0.5) is 4.39 Å². The summed E-state index contributed by atoms with van der Waals surface area (Å²) in [5, 5.41) is 2.97. The van der Waals surface area contributed by atoms with Gasteiger partial charge in [0.15, 0.2) is 0 Å². The van der Waals surface area contributed by atoms with Crippen LogP contribution in [0.3, 0.4) is 0 Å². The number of alkyl halides is 1.